The van der Waals surface area contributed by atoms with Gasteiger partial charge in [0.1, 0.15) is 12.7 Å². The van der Waals surface area contributed by atoms with Crippen molar-refractivity contribution in [1.82, 2.24) is 5.32 Å². The monoisotopic (exact) mass is 249 g/mol. The lowest BCUT2D eigenvalue weighted by Crippen LogP contribution is -2.36. The van der Waals surface area contributed by atoms with E-state index in [4.69, 9.17) is 21.7 Å². The van der Waals surface area contributed by atoms with E-state index in [9.17, 15) is 8.42 Å². The zero-order valence-corrected chi connectivity index (χ0v) is 9.51. The molecule has 0 unspecified atom stereocenters. The lowest BCUT2D eigenvalue weighted by Gasteiger charge is -2.12. The molecule has 2 atom stereocenters. The van der Waals surface area contributed by atoms with Crippen molar-refractivity contribution in [2.75, 3.05) is 19.0 Å². The van der Waals surface area contributed by atoms with E-state index in [0.29, 0.717) is 13.2 Å². The third-order valence-corrected chi connectivity index (χ3v) is 3.67. The van der Waals surface area contributed by atoms with Crippen LogP contribution in [0.5, 0.6) is 0 Å². The largest absolute Gasteiger partial charge is 0.468 e. The van der Waals surface area contributed by atoms with Gasteiger partial charge in [-0.2, -0.15) is 0 Å². The molecule has 0 amide bonds. The summed E-state index contributed by atoms with van der Waals surface area (Å²) in [4.78, 5) is 0. The minimum absolute atomic E-state index is 0.0381. The van der Waals surface area contributed by atoms with Gasteiger partial charge < -0.3 is 14.8 Å². The summed E-state index contributed by atoms with van der Waals surface area (Å²) in [5.74, 6) is 0.0381. The maximum Gasteiger partial charge on any atom is 0.257 e. The SMILES string of the molecule is O=S1(=O)C=C[C@H](NC(=S)OC[C@@H]2CO2)C1. The van der Waals surface area contributed by atoms with E-state index in [1.807, 2.05) is 0 Å². The van der Waals surface area contributed by atoms with E-state index in [1.54, 1.807) is 6.08 Å². The molecule has 1 N–H and O–H groups in total. The standard InChI is InChI=1S/C8H11NO4S2/c10-15(11)2-1-6(5-15)9-8(14)13-4-7-3-12-7/h1-2,6-7H,3-5H2,(H,9,14)/t6-,7-/m0/s1. The molecule has 0 aromatic rings. The van der Waals surface area contributed by atoms with Gasteiger partial charge in [0.2, 0.25) is 0 Å². The minimum Gasteiger partial charge on any atom is -0.468 e. The summed E-state index contributed by atoms with van der Waals surface area (Å²) in [5, 5.41) is 4.22. The molecular formula is C8H11NO4S2. The second kappa shape index (κ2) is 4.07. The molecule has 5 nitrogen and oxygen atoms in total. The number of nitrogens with one attached hydrogen (secondary N) is 1. The van der Waals surface area contributed by atoms with Gasteiger partial charge in [-0.15, -0.1) is 0 Å². The van der Waals surface area contributed by atoms with Crippen LogP contribution in [0, 0.1) is 0 Å². The Balaban J connectivity index is 1.72. The van der Waals surface area contributed by atoms with E-state index in [1.165, 1.54) is 5.41 Å². The van der Waals surface area contributed by atoms with Crippen molar-refractivity contribution in [3.8, 4) is 0 Å². The molecule has 0 aromatic carbocycles. The van der Waals surface area contributed by atoms with E-state index in [2.05, 4.69) is 5.32 Å². The van der Waals surface area contributed by atoms with Crippen LogP contribution in [0.15, 0.2) is 11.5 Å². The summed E-state index contributed by atoms with van der Waals surface area (Å²) < 4.78 is 32.2. The lowest BCUT2D eigenvalue weighted by atomic mass is 10.3. The van der Waals surface area contributed by atoms with Gasteiger partial charge in [0.05, 0.1) is 18.4 Å². The molecule has 15 heavy (non-hydrogen) atoms. The van der Waals surface area contributed by atoms with Gasteiger partial charge >= 0.3 is 0 Å². The highest BCUT2D eigenvalue weighted by molar-refractivity contribution is 7.94. The summed E-state index contributed by atoms with van der Waals surface area (Å²) in [6.07, 6.45) is 1.71. The van der Waals surface area contributed by atoms with E-state index < -0.39 is 9.84 Å². The Morgan fingerprint density at radius 3 is 2.93 bits per heavy atom. The summed E-state index contributed by atoms with van der Waals surface area (Å²) in [6, 6.07) is -0.275. The van der Waals surface area contributed by atoms with Crippen LogP contribution in [0.4, 0.5) is 0 Å². The Labute approximate surface area is 93.4 Å². The number of hydrogen-bond acceptors (Lipinski definition) is 5. The molecule has 0 aliphatic carbocycles. The Morgan fingerprint density at radius 1 is 1.67 bits per heavy atom. The fourth-order valence-corrected chi connectivity index (χ4v) is 2.65. The number of sulfone groups is 1. The lowest BCUT2D eigenvalue weighted by molar-refractivity contribution is 0.248. The van der Waals surface area contributed by atoms with Crippen LogP contribution in [0.1, 0.15) is 0 Å². The third-order valence-electron chi connectivity index (χ3n) is 2.04. The van der Waals surface area contributed by atoms with Gasteiger partial charge in [-0.1, -0.05) is 0 Å². The number of epoxide rings is 1. The van der Waals surface area contributed by atoms with Crippen molar-refractivity contribution < 1.29 is 17.9 Å². The Kier molecular flexibility index (Phi) is 2.94. The molecule has 0 radical (unpaired) electrons. The first-order chi connectivity index (χ1) is 7.05. The van der Waals surface area contributed by atoms with Crippen molar-refractivity contribution in [1.29, 1.82) is 0 Å². The van der Waals surface area contributed by atoms with Crippen molar-refractivity contribution >= 4 is 27.2 Å². The van der Waals surface area contributed by atoms with Crippen LogP contribution in [0.25, 0.3) is 0 Å². The molecule has 1 fully saturated rings. The minimum atomic E-state index is -3.04. The van der Waals surface area contributed by atoms with Crippen LogP contribution in [0.2, 0.25) is 0 Å². The predicted molar refractivity (Wildman–Crippen MR) is 58.1 cm³/mol. The molecular weight excluding hydrogens is 238 g/mol. The Hall–Kier alpha value is -0.660. The maximum absolute atomic E-state index is 11.1. The normalized spacial score (nSPS) is 31.2. The zero-order valence-electron chi connectivity index (χ0n) is 7.88. The maximum atomic E-state index is 11.1. The number of ether oxygens (including phenoxy) is 2. The van der Waals surface area contributed by atoms with Crippen LogP contribution < -0.4 is 5.32 Å². The fraction of sp³-hybridized carbons (Fsp3) is 0.625. The molecule has 0 saturated carbocycles. The van der Waals surface area contributed by atoms with Gasteiger partial charge in [-0.25, -0.2) is 8.42 Å². The van der Waals surface area contributed by atoms with Gasteiger partial charge in [-0.05, 0) is 18.3 Å². The van der Waals surface area contributed by atoms with Crippen LogP contribution >= 0.6 is 12.2 Å². The first kappa shape index (κ1) is 10.8. The third kappa shape index (κ3) is 3.44. The highest BCUT2D eigenvalue weighted by Crippen LogP contribution is 2.10. The topological polar surface area (TPSA) is 67.9 Å². The summed E-state index contributed by atoms with van der Waals surface area (Å²) >= 11 is 4.89. The van der Waals surface area contributed by atoms with Crippen molar-refractivity contribution in [2.24, 2.45) is 0 Å². The molecule has 2 heterocycles. The second-order valence-electron chi connectivity index (χ2n) is 3.46. The average molecular weight is 249 g/mol. The Morgan fingerprint density at radius 2 is 2.40 bits per heavy atom. The van der Waals surface area contributed by atoms with Crippen molar-refractivity contribution in [2.45, 2.75) is 12.1 Å². The first-order valence-electron chi connectivity index (χ1n) is 4.51. The average Bonchev–Trinajstić information content (AvgIpc) is 2.89. The Bertz CT molecular complexity index is 385. The fourth-order valence-electron chi connectivity index (χ4n) is 1.19. The molecule has 0 aromatic heterocycles. The summed E-state index contributed by atoms with van der Waals surface area (Å²) in [6.45, 7) is 1.13. The van der Waals surface area contributed by atoms with Gasteiger partial charge in [0.15, 0.2) is 9.84 Å². The van der Waals surface area contributed by atoms with Gasteiger partial charge in [0, 0.05) is 5.41 Å². The predicted octanol–water partition coefficient (Wildman–Crippen LogP) is -0.413. The molecule has 84 valence electrons. The molecule has 2 aliphatic rings. The highest BCUT2D eigenvalue weighted by atomic mass is 32.2. The van der Waals surface area contributed by atoms with E-state index in [0.717, 1.165) is 0 Å². The number of rotatable bonds is 3. The number of hydrogen-bond donors (Lipinski definition) is 1. The molecule has 1 saturated heterocycles. The van der Waals surface area contributed by atoms with Crippen molar-refractivity contribution in [3.63, 3.8) is 0 Å². The van der Waals surface area contributed by atoms with Crippen LogP contribution in [-0.2, 0) is 19.3 Å². The van der Waals surface area contributed by atoms with Crippen LogP contribution in [-0.4, -0.2) is 44.7 Å². The number of thiocarbonyl (C=S) groups is 1. The molecule has 0 spiro atoms. The van der Waals surface area contributed by atoms with Crippen LogP contribution in [0.3, 0.4) is 0 Å². The second-order valence-corrected chi connectivity index (χ2v) is 5.76. The molecule has 7 heteroatoms. The highest BCUT2D eigenvalue weighted by Gasteiger charge is 2.25. The van der Waals surface area contributed by atoms with E-state index in [-0.39, 0.29) is 23.1 Å². The smallest absolute Gasteiger partial charge is 0.257 e. The van der Waals surface area contributed by atoms with Crippen molar-refractivity contribution in [3.05, 3.63) is 11.5 Å². The van der Waals surface area contributed by atoms with E-state index >= 15 is 0 Å². The summed E-state index contributed by atoms with van der Waals surface area (Å²) in [5.41, 5.74) is 0. The molecule has 2 aliphatic heterocycles. The molecule has 2 rings (SSSR count). The quantitative estimate of drug-likeness (QED) is 0.541. The van der Waals surface area contributed by atoms with Gasteiger partial charge in [0.25, 0.3) is 5.17 Å². The first-order valence-corrected chi connectivity index (χ1v) is 6.63. The summed E-state index contributed by atoms with van der Waals surface area (Å²) in [7, 11) is -3.04. The zero-order chi connectivity index (χ0) is 10.9. The van der Waals surface area contributed by atoms with Gasteiger partial charge in [-0.3, -0.25) is 0 Å². The molecule has 0 bridgehead atoms.